The molecule has 0 unspecified atom stereocenters. The van der Waals surface area contributed by atoms with E-state index in [1.54, 1.807) is 0 Å². The number of carboxylic acid groups (broad SMARTS) is 1. The monoisotopic (exact) mass is 480 g/mol. The second-order valence-corrected chi connectivity index (χ2v) is 7.81. The lowest BCUT2D eigenvalue weighted by atomic mass is 10.1. The minimum Gasteiger partial charge on any atom is -0.481 e. The van der Waals surface area contributed by atoms with Crippen LogP contribution in [-0.4, -0.2) is 82.4 Å². The predicted octanol–water partition coefficient (Wildman–Crippen LogP) is 3.43. The van der Waals surface area contributed by atoms with E-state index in [1.165, 1.54) is 70.6 Å². The molecule has 0 radical (unpaired) electrons. The van der Waals surface area contributed by atoms with Crippen LogP contribution < -0.4 is 0 Å². The Labute approximate surface area is 201 Å². The maximum absolute atomic E-state index is 10.3. The van der Waals surface area contributed by atoms with Crippen LogP contribution >= 0.6 is 0 Å². The lowest BCUT2D eigenvalue weighted by Crippen LogP contribution is -2.15. The molecule has 0 aromatic rings. The first-order valence-corrected chi connectivity index (χ1v) is 12.6. The van der Waals surface area contributed by atoms with Gasteiger partial charge in [-0.25, -0.2) is 0 Å². The molecule has 0 heterocycles. The van der Waals surface area contributed by atoms with Crippen molar-refractivity contribution in [3.05, 3.63) is 12.2 Å². The van der Waals surface area contributed by atoms with Crippen molar-refractivity contribution in [2.75, 3.05) is 39.6 Å². The van der Waals surface area contributed by atoms with Gasteiger partial charge in [0.25, 0.3) is 0 Å². The number of ether oxygens (including phenoxy) is 1. The van der Waals surface area contributed by atoms with E-state index in [9.17, 15) is 4.79 Å². The Balaban J connectivity index is -0.000000563. The van der Waals surface area contributed by atoms with Crippen LogP contribution in [0.15, 0.2) is 12.2 Å². The average Bonchev–Trinajstić information content (AvgIpc) is 2.82. The fourth-order valence-electron chi connectivity index (χ4n) is 2.64. The van der Waals surface area contributed by atoms with Gasteiger partial charge in [-0.3, -0.25) is 4.79 Å². The molecule has 0 aliphatic heterocycles. The molecular formula is C25H52O8. The number of allylic oxidation sites excluding steroid dienone is 2. The van der Waals surface area contributed by atoms with Crippen LogP contribution in [0.25, 0.3) is 0 Å². The van der Waals surface area contributed by atoms with Crippen LogP contribution in [0.4, 0.5) is 0 Å². The molecule has 33 heavy (non-hydrogen) atoms. The minimum atomic E-state index is -0.954. The molecule has 0 aliphatic rings. The van der Waals surface area contributed by atoms with E-state index < -0.39 is 12.1 Å². The van der Waals surface area contributed by atoms with Crippen molar-refractivity contribution in [1.82, 2.24) is 0 Å². The largest absolute Gasteiger partial charge is 0.481 e. The van der Waals surface area contributed by atoms with Crippen molar-refractivity contribution in [2.45, 2.75) is 103 Å². The van der Waals surface area contributed by atoms with E-state index in [1.807, 2.05) is 0 Å². The molecule has 0 atom stereocenters. The molecule has 200 valence electrons. The zero-order chi connectivity index (χ0) is 25.4. The van der Waals surface area contributed by atoms with Gasteiger partial charge in [-0.2, -0.15) is 0 Å². The van der Waals surface area contributed by atoms with E-state index in [2.05, 4.69) is 23.8 Å². The van der Waals surface area contributed by atoms with Gasteiger partial charge in [0.05, 0.1) is 39.6 Å². The van der Waals surface area contributed by atoms with Crippen LogP contribution in [-0.2, 0) is 9.53 Å². The van der Waals surface area contributed by atoms with E-state index in [4.69, 9.17) is 30.6 Å². The Kier molecular flexibility index (Phi) is 39.4. The van der Waals surface area contributed by atoms with Gasteiger partial charge in [0, 0.05) is 6.42 Å². The number of carbonyl (C=O) groups is 1. The number of aliphatic hydroxyl groups is 5. The lowest BCUT2D eigenvalue weighted by Gasteiger charge is -1.99. The van der Waals surface area contributed by atoms with Gasteiger partial charge in [0.1, 0.15) is 6.10 Å². The number of aliphatic hydroxyl groups excluding tert-OH is 5. The quantitative estimate of drug-likeness (QED) is 0.108. The summed E-state index contributed by atoms with van der Waals surface area (Å²) in [7, 11) is 0. The third-order valence-corrected chi connectivity index (χ3v) is 4.55. The molecule has 6 N–H and O–H groups in total. The summed E-state index contributed by atoms with van der Waals surface area (Å²) in [6.45, 7) is 2.23. The number of aliphatic carboxylic acids is 1. The van der Waals surface area contributed by atoms with Crippen molar-refractivity contribution in [3.63, 3.8) is 0 Å². The Bertz CT molecular complexity index is 369. The molecule has 0 bridgehead atoms. The fourth-order valence-corrected chi connectivity index (χ4v) is 2.64. The molecule has 0 saturated heterocycles. The van der Waals surface area contributed by atoms with Crippen molar-refractivity contribution in [2.24, 2.45) is 0 Å². The maximum atomic E-state index is 10.3. The standard InChI is InChI=1S/C18H34O2.C4H10O3.C3H8O3/c1-2-3-4-5-6-7-8-9-10-11-12-13-14-15-16-17-18(19)20;5-1-3-7-4-2-6;4-1-3(6)2-5/h9-10H,2-8,11-17H2,1H3,(H,19,20);5-6H,1-4H2;3-6H,1-2H2/b10-9-;;. The Morgan fingerprint density at radius 2 is 1.15 bits per heavy atom. The number of hydrogen-bond acceptors (Lipinski definition) is 7. The van der Waals surface area contributed by atoms with Crippen LogP contribution in [0.1, 0.15) is 96.8 Å². The minimum absolute atomic E-state index is 0.0278. The number of carboxylic acids is 1. The predicted molar refractivity (Wildman–Crippen MR) is 132 cm³/mol. The van der Waals surface area contributed by atoms with Crippen molar-refractivity contribution in [1.29, 1.82) is 0 Å². The Hall–Kier alpha value is -1.03. The van der Waals surface area contributed by atoms with Gasteiger partial charge in [-0.1, -0.05) is 70.4 Å². The fraction of sp³-hybridized carbons (Fsp3) is 0.880. The van der Waals surface area contributed by atoms with E-state index in [-0.39, 0.29) is 26.4 Å². The molecule has 0 spiro atoms. The lowest BCUT2D eigenvalue weighted by molar-refractivity contribution is -0.137. The van der Waals surface area contributed by atoms with Gasteiger partial charge in [0.2, 0.25) is 0 Å². The molecule has 8 nitrogen and oxygen atoms in total. The number of hydrogen-bond donors (Lipinski definition) is 6. The molecule has 0 aliphatic carbocycles. The summed E-state index contributed by atoms with van der Waals surface area (Å²) < 4.78 is 4.63. The molecule has 0 fully saturated rings. The van der Waals surface area contributed by atoms with Gasteiger partial charge in [0.15, 0.2) is 0 Å². The third-order valence-electron chi connectivity index (χ3n) is 4.55. The molecule has 0 rings (SSSR count). The highest BCUT2D eigenvalue weighted by Crippen LogP contribution is 2.09. The van der Waals surface area contributed by atoms with Gasteiger partial charge >= 0.3 is 5.97 Å². The zero-order valence-electron chi connectivity index (χ0n) is 20.9. The highest BCUT2D eigenvalue weighted by atomic mass is 16.5. The SMILES string of the molecule is CCCCCCCC/C=C\CCCCCCCC(=O)O.OCC(O)CO.OCCOCCO. The van der Waals surface area contributed by atoms with Crippen molar-refractivity contribution >= 4 is 5.97 Å². The Morgan fingerprint density at radius 1 is 0.727 bits per heavy atom. The van der Waals surface area contributed by atoms with Gasteiger partial charge in [-0.15, -0.1) is 0 Å². The molecule has 8 heteroatoms. The summed E-state index contributed by atoms with van der Waals surface area (Å²) in [4.78, 5) is 10.3. The number of unbranched alkanes of at least 4 members (excludes halogenated alkanes) is 11. The molecular weight excluding hydrogens is 428 g/mol. The molecule has 0 amide bonds. The molecule has 0 saturated carbocycles. The smallest absolute Gasteiger partial charge is 0.303 e. The normalized spacial score (nSPS) is 10.6. The highest BCUT2D eigenvalue weighted by Gasteiger charge is 1.96. The van der Waals surface area contributed by atoms with Crippen molar-refractivity contribution in [3.8, 4) is 0 Å². The average molecular weight is 481 g/mol. The van der Waals surface area contributed by atoms with Crippen LogP contribution in [0.2, 0.25) is 0 Å². The maximum Gasteiger partial charge on any atom is 0.303 e. The van der Waals surface area contributed by atoms with Crippen LogP contribution in [0.5, 0.6) is 0 Å². The first-order valence-electron chi connectivity index (χ1n) is 12.6. The zero-order valence-corrected chi connectivity index (χ0v) is 20.9. The summed E-state index contributed by atoms with van der Waals surface area (Å²) in [6.07, 6.45) is 20.3. The van der Waals surface area contributed by atoms with E-state index in [0.717, 1.165) is 12.8 Å². The summed E-state index contributed by atoms with van der Waals surface area (Å²) >= 11 is 0. The summed E-state index contributed by atoms with van der Waals surface area (Å²) in [6, 6.07) is 0. The molecule has 0 aromatic heterocycles. The Morgan fingerprint density at radius 3 is 1.52 bits per heavy atom. The summed E-state index contributed by atoms with van der Waals surface area (Å²) in [5, 5.41) is 48.7. The van der Waals surface area contributed by atoms with E-state index in [0.29, 0.717) is 19.6 Å². The first kappa shape index (κ1) is 36.5. The van der Waals surface area contributed by atoms with Crippen molar-refractivity contribution < 1.29 is 40.2 Å². The van der Waals surface area contributed by atoms with E-state index >= 15 is 0 Å². The van der Waals surface area contributed by atoms with Gasteiger partial charge in [-0.05, 0) is 32.1 Å². The third kappa shape index (κ3) is 45.2. The van der Waals surface area contributed by atoms with Gasteiger partial charge < -0.3 is 35.4 Å². The summed E-state index contributed by atoms with van der Waals surface area (Å²) in [5.74, 6) is -0.664. The molecule has 0 aromatic carbocycles. The van der Waals surface area contributed by atoms with Crippen LogP contribution in [0.3, 0.4) is 0 Å². The highest BCUT2D eigenvalue weighted by molar-refractivity contribution is 5.66. The second-order valence-electron chi connectivity index (χ2n) is 7.81. The topological polar surface area (TPSA) is 148 Å². The second kappa shape index (κ2) is 35.6. The first-order chi connectivity index (χ1) is 16.0. The number of rotatable bonds is 21. The summed E-state index contributed by atoms with van der Waals surface area (Å²) in [5.41, 5.74) is 0. The van der Waals surface area contributed by atoms with Crippen LogP contribution in [0, 0.1) is 0 Å².